The summed E-state index contributed by atoms with van der Waals surface area (Å²) in [6, 6.07) is 13.1. The van der Waals surface area contributed by atoms with Crippen molar-refractivity contribution in [1.29, 1.82) is 0 Å². The van der Waals surface area contributed by atoms with Crippen molar-refractivity contribution in [2.75, 3.05) is 19.7 Å². The molecule has 0 N–H and O–H groups in total. The second-order valence-corrected chi connectivity index (χ2v) is 11.3. The molecule has 0 saturated heterocycles. The fourth-order valence-corrected chi connectivity index (χ4v) is 5.42. The quantitative estimate of drug-likeness (QED) is 0.377. The topological polar surface area (TPSA) is 49.9 Å². The molecule has 0 saturated carbocycles. The maximum absolute atomic E-state index is 14.4. The number of rotatable bonds is 6. The zero-order valence-corrected chi connectivity index (χ0v) is 22.5. The van der Waals surface area contributed by atoms with E-state index in [9.17, 15) is 14.0 Å². The normalized spacial score (nSPS) is 15.4. The molecule has 190 valence electrons. The highest BCUT2D eigenvalue weighted by Gasteiger charge is 2.36. The fourth-order valence-electron chi connectivity index (χ4n) is 4.38. The van der Waals surface area contributed by atoms with Crippen LogP contribution in [0.3, 0.4) is 0 Å². The van der Waals surface area contributed by atoms with E-state index >= 15 is 0 Å². The number of aryl methyl sites for hydroxylation is 1. The Morgan fingerprint density at radius 1 is 1.19 bits per heavy atom. The Hall–Kier alpha value is -2.90. The maximum Gasteiger partial charge on any atom is 0.257 e. The second-order valence-electron chi connectivity index (χ2n) is 9.92. The van der Waals surface area contributed by atoms with Gasteiger partial charge in [0.15, 0.2) is 0 Å². The first kappa shape index (κ1) is 26.2. The Kier molecular flexibility index (Phi) is 7.71. The van der Waals surface area contributed by atoms with Gasteiger partial charge in [0, 0.05) is 22.0 Å². The van der Waals surface area contributed by atoms with E-state index in [1.165, 1.54) is 28.0 Å². The lowest BCUT2D eigenvalue weighted by Gasteiger charge is -2.40. The van der Waals surface area contributed by atoms with Gasteiger partial charge in [0.25, 0.3) is 5.91 Å². The summed E-state index contributed by atoms with van der Waals surface area (Å²) in [6.07, 6.45) is 0.742. The van der Waals surface area contributed by atoms with Gasteiger partial charge >= 0.3 is 0 Å². The Balaban J connectivity index is 1.57. The number of carbonyl (C=O) groups excluding carboxylic acids is 2. The molecule has 0 fully saturated rings. The molecule has 4 rings (SSSR count). The third-order valence-corrected chi connectivity index (χ3v) is 7.83. The Morgan fingerprint density at radius 3 is 2.64 bits per heavy atom. The monoisotopic (exact) mass is 528 g/mol. The van der Waals surface area contributed by atoms with Crippen LogP contribution in [0.1, 0.15) is 53.2 Å². The van der Waals surface area contributed by atoms with Gasteiger partial charge in [0.1, 0.15) is 24.7 Å². The van der Waals surface area contributed by atoms with Crippen LogP contribution in [0, 0.1) is 12.7 Å². The molecule has 1 aromatic heterocycles. The van der Waals surface area contributed by atoms with E-state index in [0.717, 1.165) is 17.5 Å². The van der Waals surface area contributed by atoms with E-state index in [4.69, 9.17) is 16.3 Å². The lowest BCUT2D eigenvalue weighted by molar-refractivity contribution is -0.136. The highest BCUT2D eigenvalue weighted by atomic mass is 35.5. The molecule has 0 spiro atoms. The molecule has 1 unspecified atom stereocenters. The van der Waals surface area contributed by atoms with Crippen molar-refractivity contribution >= 4 is 34.8 Å². The summed E-state index contributed by atoms with van der Waals surface area (Å²) < 4.78 is 20.5. The molecule has 1 aliphatic heterocycles. The van der Waals surface area contributed by atoms with E-state index in [1.54, 1.807) is 28.4 Å². The Labute approximate surface area is 220 Å². The second kappa shape index (κ2) is 10.6. The summed E-state index contributed by atoms with van der Waals surface area (Å²) >= 11 is 7.82. The molecular formula is C28H30ClFN2O3S. The first-order valence-electron chi connectivity index (χ1n) is 11.9. The molecule has 1 atom stereocenters. The average molecular weight is 529 g/mol. The van der Waals surface area contributed by atoms with Gasteiger partial charge in [0.05, 0.1) is 11.6 Å². The van der Waals surface area contributed by atoms with Crippen molar-refractivity contribution in [2.45, 2.75) is 45.7 Å². The van der Waals surface area contributed by atoms with Crippen molar-refractivity contribution in [3.05, 3.63) is 86.3 Å². The number of halogens is 2. The van der Waals surface area contributed by atoms with Crippen LogP contribution in [-0.2, 0) is 11.2 Å². The van der Waals surface area contributed by atoms with Gasteiger partial charge < -0.3 is 14.5 Å². The lowest BCUT2D eigenvalue weighted by Crippen LogP contribution is -2.53. The predicted molar refractivity (Wildman–Crippen MR) is 141 cm³/mol. The molecule has 1 aliphatic rings. The molecular weight excluding hydrogens is 499 g/mol. The summed E-state index contributed by atoms with van der Waals surface area (Å²) in [5, 5.41) is 2.69. The van der Waals surface area contributed by atoms with Crippen LogP contribution in [0.5, 0.6) is 5.75 Å². The van der Waals surface area contributed by atoms with Crippen LogP contribution >= 0.6 is 22.9 Å². The molecule has 36 heavy (non-hydrogen) atoms. The van der Waals surface area contributed by atoms with E-state index in [0.29, 0.717) is 17.3 Å². The van der Waals surface area contributed by atoms with Gasteiger partial charge in [-0.05, 0) is 87.0 Å². The molecule has 2 amide bonds. The first-order valence-corrected chi connectivity index (χ1v) is 13.1. The van der Waals surface area contributed by atoms with Crippen molar-refractivity contribution < 1.29 is 18.7 Å². The number of thiophene rings is 1. The first-order chi connectivity index (χ1) is 17.1. The van der Waals surface area contributed by atoms with Gasteiger partial charge in [-0.15, -0.1) is 11.3 Å². The summed E-state index contributed by atoms with van der Waals surface area (Å²) in [6.45, 7) is 8.07. The molecule has 0 bridgehead atoms. The van der Waals surface area contributed by atoms with Crippen LogP contribution in [0.15, 0.2) is 53.9 Å². The third kappa shape index (κ3) is 5.57. The number of carbonyl (C=O) groups is 2. The highest BCUT2D eigenvalue weighted by molar-refractivity contribution is 7.10. The van der Waals surface area contributed by atoms with E-state index < -0.39 is 17.3 Å². The van der Waals surface area contributed by atoms with Crippen LogP contribution in [0.25, 0.3) is 0 Å². The zero-order chi connectivity index (χ0) is 26.0. The smallest absolute Gasteiger partial charge is 0.257 e. The van der Waals surface area contributed by atoms with Gasteiger partial charge in [-0.1, -0.05) is 23.7 Å². The Morgan fingerprint density at radius 2 is 1.94 bits per heavy atom. The number of amides is 2. The summed E-state index contributed by atoms with van der Waals surface area (Å²) in [5.41, 5.74) is 1.24. The average Bonchev–Trinajstić information content (AvgIpc) is 3.31. The molecule has 0 aliphatic carbocycles. The zero-order valence-electron chi connectivity index (χ0n) is 20.9. The molecule has 8 heteroatoms. The standard InChI is InChI=1S/C28H30ClFN2O3S/c1-18-15-19(9-10-22(18)29)35-17-24-21-12-14-36-25(21)11-13-31(24)26(33)16-32(28(2,3)4)27(34)20-7-5-6-8-23(20)30/h5-10,12,14-15,24H,11,13,16-17H2,1-4H3. The van der Waals surface area contributed by atoms with Crippen molar-refractivity contribution in [3.8, 4) is 5.75 Å². The van der Waals surface area contributed by atoms with Gasteiger partial charge in [-0.2, -0.15) is 0 Å². The van der Waals surface area contributed by atoms with Crippen molar-refractivity contribution in [3.63, 3.8) is 0 Å². The summed E-state index contributed by atoms with van der Waals surface area (Å²) in [7, 11) is 0. The van der Waals surface area contributed by atoms with E-state index in [1.807, 2.05) is 51.3 Å². The van der Waals surface area contributed by atoms with Crippen LogP contribution in [-0.4, -0.2) is 46.8 Å². The van der Waals surface area contributed by atoms with Crippen LogP contribution < -0.4 is 4.74 Å². The summed E-state index contributed by atoms with van der Waals surface area (Å²) in [4.78, 5) is 31.5. The van der Waals surface area contributed by atoms with Gasteiger partial charge in [-0.25, -0.2) is 4.39 Å². The van der Waals surface area contributed by atoms with Crippen LogP contribution in [0.4, 0.5) is 4.39 Å². The SMILES string of the molecule is Cc1cc(OCC2c3ccsc3CCN2C(=O)CN(C(=O)c2ccccc2F)C(C)(C)C)ccc1Cl. The largest absolute Gasteiger partial charge is 0.491 e. The number of fused-ring (bicyclic) bond motifs is 1. The molecule has 3 aromatic rings. The molecule has 0 radical (unpaired) electrons. The van der Waals surface area contributed by atoms with Crippen molar-refractivity contribution in [2.24, 2.45) is 0 Å². The van der Waals surface area contributed by atoms with Gasteiger partial charge in [0.2, 0.25) is 5.91 Å². The summed E-state index contributed by atoms with van der Waals surface area (Å²) in [5.74, 6) is -0.633. The van der Waals surface area contributed by atoms with Gasteiger partial charge in [-0.3, -0.25) is 9.59 Å². The number of nitrogens with zero attached hydrogens (tertiary/aromatic N) is 2. The van der Waals surface area contributed by atoms with E-state index in [2.05, 4.69) is 0 Å². The maximum atomic E-state index is 14.4. The fraction of sp³-hybridized carbons (Fsp3) is 0.357. The number of hydrogen-bond acceptors (Lipinski definition) is 4. The molecule has 5 nitrogen and oxygen atoms in total. The number of benzene rings is 2. The minimum absolute atomic E-state index is 0.0445. The minimum atomic E-state index is -0.689. The van der Waals surface area contributed by atoms with Crippen LogP contribution in [0.2, 0.25) is 5.02 Å². The molecule has 2 aromatic carbocycles. The Bertz CT molecular complexity index is 1270. The molecule has 2 heterocycles. The minimum Gasteiger partial charge on any atom is -0.491 e. The number of hydrogen-bond donors (Lipinski definition) is 0. The predicted octanol–water partition coefficient (Wildman–Crippen LogP) is 6.29. The number of ether oxygens (including phenoxy) is 1. The third-order valence-electron chi connectivity index (χ3n) is 6.41. The highest BCUT2D eigenvalue weighted by Crippen LogP contribution is 2.34. The van der Waals surface area contributed by atoms with Crippen molar-refractivity contribution in [1.82, 2.24) is 9.80 Å². The van der Waals surface area contributed by atoms with E-state index in [-0.39, 0.29) is 30.7 Å². The lowest BCUT2D eigenvalue weighted by atomic mass is 9.99.